The number of sulfonamides is 1. The Morgan fingerprint density at radius 3 is 2.19 bits per heavy atom. The number of thiazole rings is 1. The fraction of sp³-hybridized carbons (Fsp3) is 0. The summed E-state index contributed by atoms with van der Waals surface area (Å²) in [5.41, 5.74) is 1.81. The Bertz CT molecular complexity index is 1400. The third kappa shape index (κ3) is 4.72. The predicted molar refractivity (Wildman–Crippen MR) is 119 cm³/mol. The Morgan fingerprint density at radius 1 is 0.906 bits per heavy atom. The van der Waals surface area contributed by atoms with Crippen LogP contribution in [0.1, 0.15) is 10.4 Å². The number of halogens is 2. The molecule has 10 heteroatoms. The first-order chi connectivity index (χ1) is 15.2. The normalized spacial score (nSPS) is 11.3. The summed E-state index contributed by atoms with van der Waals surface area (Å²) >= 11 is 1.15. The zero-order valence-corrected chi connectivity index (χ0v) is 17.9. The maximum Gasteiger partial charge on any atom is 0.257 e. The molecule has 3 N–H and O–H groups in total. The summed E-state index contributed by atoms with van der Waals surface area (Å²) < 4.78 is 49.9. The summed E-state index contributed by atoms with van der Waals surface area (Å²) in [7, 11) is -3.86. The third-order valence-corrected chi connectivity index (χ3v) is 6.45. The topological polar surface area (TPSA) is 102 Å². The summed E-state index contributed by atoms with van der Waals surface area (Å²) in [6.07, 6.45) is 0. The van der Waals surface area contributed by atoms with Gasteiger partial charge in [0.2, 0.25) is 10.0 Å². The number of carbonyl (C=O) groups excluding carboxylic acids is 1. The second-order valence-electron chi connectivity index (χ2n) is 6.74. The molecule has 4 aromatic rings. The lowest BCUT2D eigenvalue weighted by atomic mass is 10.1. The molecule has 1 amide bonds. The molecule has 3 aromatic carbocycles. The van der Waals surface area contributed by atoms with Crippen LogP contribution in [-0.2, 0) is 10.0 Å². The number of aromatic nitrogens is 1. The van der Waals surface area contributed by atoms with Gasteiger partial charge in [0.15, 0.2) is 5.13 Å². The Hall–Kier alpha value is -3.47. The van der Waals surface area contributed by atoms with Gasteiger partial charge in [0, 0.05) is 11.1 Å². The number of nitrogens with zero attached hydrogens (tertiary/aromatic N) is 1. The summed E-state index contributed by atoms with van der Waals surface area (Å²) in [5, 5.41) is 8.04. The van der Waals surface area contributed by atoms with Gasteiger partial charge in [-0.1, -0.05) is 41.7 Å². The Balaban J connectivity index is 1.75. The van der Waals surface area contributed by atoms with Gasteiger partial charge in [0.1, 0.15) is 11.6 Å². The van der Waals surface area contributed by atoms with E-state index < -0.39 is 27.6 Å². The summed E-state index contributed by atoms with van der Waals surface area (Å²) in [5.74, 6) is -1.49. The van der Waals surface area contributed by atoms with E-state index >= 15 is 0 Å². The molecule has 32 heavy (non-hydrogen) atoms. The van der Waals surface area contributed by atoms with Crippen molar-refractivity contribution in [2.24, 2.45) is 5.14 Å². The number of hydrogen-bond acceptors (Lipinski definition) is 5. The Kier molecular flexibility index (Phi) is 5.83. The average molecular weight is 472 g/mol. The van der Waals surface area contributed by atoms with E-state index in [0.29, 0.717) is 21.7 Å². The van der Waals surface area contributed by atoms with Crippen molar-refractivity contribution < 1.29 is 22.0 Å². The minimum Gasteiger partial charge on any atom is -0.298 e. The Labute approximate surface area is 186 Å². The monoisotopic (exact) mass is 471 g/mol. The fourth-order valence-corrected chi connectivity index (χ4v) is 4.47. The van der Waals surface area contributed by atoms with Gasteiger partial charge in [-0.05, 0) is 48.0 Å². The molecule has 0 unspecified atom stereocenters. The van der Waals surface area contributed by atoms with Gasteiger partial charge in [-0.15, -0.1) is 0 Å². The number of nitrogens with two attached hydrogens (primary N) is 1. The van der Waals surface area contributed by atoms with Crippen molar-refractivity contribution in [1.82, 2.24) is 4.98 Å². The molecule has 0 fully saturated rings. The van der Waals surface area contributed by atoms with Gasteiger partial charge >= 0.3 is 0 Å². The molecule has 0 saturated carbocycles. The minimum absolute atomic E-state index is 0.0561. The highest BCUT2D eigenvalue weighted by Gasteiger charge is 2.18. The first kappa shape index (κ1) is 21.8. The zero-order chi connectivity index (χ0) is 22.9. The molecule has 0 bridgehead atoms. The van der Waals surface area contributed by atoms with E-state index in [1.807, 2.05) is 0 Å². The van der Waals surface area contributed by atoms with E-state index in [0.717, 1.165) is 17.4 Å². The first-order valence-electron chi connectivity index (χ1n) is 9.17. The SMILES string of the molecule is NS(=O)(=O)c1ccc(-c2nc(NC(=O)c3cccc(F)c3)sc2-c2ccc(F)cc2)cc1. The lowest BCUT2D eigenvalue weighted by Gasteiger charge is -2.04. The summed E-state index contributed by atoms with van der Waals surface area (Å²) in [6, 6.07) is 16.8. The van der Waals surface area contributed by atoms with Crippen molar-refractivity contribution in [3.8, 4) is 21.7 Å². The minimum atomic E-state index is -3.86. The first-order valence-corrected chi connectivity index (χ1v) is 11.5. The smallest absolute Gasteiger partial charge is 0.257 e. The van der Waals surface area contributed by atoms with Crippen LogP contribution >= 0.6 is 11.3 Å². The highest BCUT2D eigenvalue weighted by atomic mass is 32.2. The van der Waals surface area contributed by atoms with E-state index in [-0.39, 0.29) is 15.6 Å². The lowest BCUT2D eigenvalue weighted by Crippen LogP contribution is -2.12. The molecular weight excluding hydrogens is 456 g/mol. The van der Waals surface area contributed by atoms with Crippen molar-refractivity contribution in [2.45, 2.75) is 4.90 Å². The molecule has 0 aliphatic carbocycles. The standard InChI is InChI=1S/C22H15F2N3O3S2/c23-16-8-4-14(5-9-16)20-19(13-6-10-18(11-7-13)32(25,29)30)26-22(31-20)27-21(28)15-2-1-3-17(24)12-15/h1-12H,(H2,25,29,30)(H,26,27,28). The number of nitrogens with one attached hydrogen (secondary N) is 1. The average Bonchev–Trinajstić information content (AvgIpc) is 3.17. The van der Waals surface area contributed by atoms with Crippen LogP contribution in [0.25, 0.3) is 21.7 Å². The molecule has 4 rings (SSSR count). The molecule has 0 aliphatic heterocycles. The highest BCUT2D eigenvalue weighted by molar-refractivity contribution is 7.89. The number of primary sulfonamides is 1. The van der Waals surface area contributed by atoms with Crippen LogP contribution in [0, 0.1) is 11.6 Å². The van der Waals surface area contributed by atoms with Crippen LogP contribution in [0.5, 0.6) is 0 Å². The highest BCUT2D eigenvalue weighted by Crippen LogP contribution is 2.39. The molecule has 1 aromatic heterocycles. The second kappa shape index (κ2) is 8.58. The summed E-state index contributed by atoms with van der Waals surface area (Å²) in [4.78, 5) is 17.6. The van der Waals surface area contributed by atoms with Crippen LogP contribution in [-0.4, -0.2) is 19.3 Å². The molecule has 1 heterocycles. The van der Waals surface area contributed by atoms with E-state index in [4.69, 9.17) is 5.14 Å². The van der Waals surface area contributed by atoms with E-state index in [2.05, 4.69) is 10.3 Å². The van der Waals surface area contributed by atoms with Crippen molar-refractivity contribution in [2.75, 3.05) is 5.32 Å². The number of benzene rings is 3. The van der Waals surface area contributed by atoms with Crippen LogP contribution in [0.4, 0.5) is 13.9 Å². The maximum absolute atomic E-state index is 13.5. The fourth-order valence-electron chi connectivity index (χ4n) is 2.97. The van der Waals surface area contributed by atoms with Gasteiger partial charge in [-0.2, -0.15) is 0 Å². The van der Waals surface area contributed by atoms with Crippen molar-refractivity contribution in [1.29, 1.82) is 0 Å². The van der Waals surface area contributed by atoms with Crippen molar-refractivity contribution in [3.05, 3.63) is 90.0 Å². The second-order valence-corrected chi connectivity index (χ2v) is 9.30. The quantitative estimate of drug-likeness (QED) is 0.442. The van der Waals surface area contributed by atoms with Gasteiger partial charge < -0.3 is 0 Å². The predicted octanol–water partition coefficient (Wildman–Crippen LogP) is 4.66. The molecule has 6 nitrogen and oxygen atoms in total. The number of amides is 1. The lowest BCUT2D eigenvalue weighted by molar-refractivity contribution is 0.102. The number of rotatable bonds is 5. The third-order valence-electron chi connectivity index (χ3n) is 4.50. The number of carbonyl (C=O) groups is 1. The van der Waals surface area contributed by atoms with Gasteiger partial charge in [-0.3, -0.25) is 10.1 Å². The van der Waals surface area contributed by atoms with Crippen molar-refractivity contribution >= 4 is 32.4 Å². The molecular formula is C22H15F2N3O3S2. The zero-order valence-electron chi connectivity index (χ0n) is 16.2. The van der Waals surface area contributed by atoms with Crippen LogP contribution in [0.15, 0.2) is 77.7 Å². The molecule has 162 valence electrons. The summed E-state index contributed by atoms with van der Waals surface area (Å²) in [6.45, 7) is 0. The number of hydrogen-bond donors (Lipinski definition) is 2. The molecule has 0 spiro atoms. The van der Waals surface area contributed by atoms with E-state index in [1.54, 1.807) is 24.3 Å². The van der Waals surface area contributed by atoms with E-state index in [1.165, 1.54) is 42.5 Å². The van der Waals surface area contributed by atoms with Crippen LogP contribution in [0.2, 0.25) is 0 Å². The van der Waals surface area contributed by atoms with Crippen molar-refractivity contribution in [3.63, 3.8) is 0 Å². The van der Waals surface area contributed by atoms with Gasteiger partial charge in [-0.25, -0.2) is 27.3 Å². The Morgan fingerprint density at radius 2 is 1.56 bits per heavy atom. The molecule has 0 atom stereocenters. The van der Waals surface area contributed by atoms with Crippen LogP contribution in [0.3, 0.4) is 0 Å². The largest absolute Gasteiger partial charge is 0.298 e. The molecule has 0 aliphatic rings. The van der Waals surface area contributed by atoms with Crippen LogP contribution < -0.4 is 10.5 Å². The number of anilines is 1. The van der Waals surface area contributed by atoms with Gasteiger partial charge in [0.25, 0.3) is 5.91 Å². The molecule has 0 radical (unpaired) electrons. The maximum atomic E-state index is 13.5. The van der Waals surface area contributed by atoms with Gasteiger partial charge in [0.05, 0.1) is 15.5 Å². The molecule has 0 saturated heterocycles. The van der Waals surface area contributed by atoms with E-state index in [9.17, 15) is 22.0 Å².